The Labute approximate surface area is 111 Å². The SMILES string of the molecule is O=c1oc2ccccc2n1CCN1CCC[C@@H](O)C1. The van der Waals surface area contributed by atoms with E-state index in [4.69, 9.17) is 4.42 Å². The number of para-hydroxylation sites is 2. The maximum Gasteiger partial charge on any atom is 0.419 e. The number of fused-ring (bicyclic) bond motifs is 1. The summed E-state index contributed by atoms with van der Waals surface area (Å²) in [6.45, 7) is 3.05. The van der Waals surface area contributed by atoms with E-state index < -0.39 is 0 Å². The first-order valence-electron chi connectivity index (χ1n) is 6.73. The first-order chi connectivity index (χ1) is 9.24. The molecular weight excluding hydrogens is 244 g/mol. The van der Waals surface area contributed by atoms with E-state index in [-0.39, 0.29) is 11.9 Å². The lowest BCUT2D eigenvalue weighted by atomic mass is 10.1. The summed E-state index contributed by atoms with van der Waals surface area (Å²) in [7, 11) is 0. The molecule has 19 heavy (non-hydrogen) atoms. The van der Waals surface area contributed by atoms with Gasteiger partial charge in [-0.05, 0) is 31.5 Å². The molecule has 0 aliphatic carbocycles. The van der Waals surface area contributed by atoms with Gasteiger partial charge in [-0.1, -0.05) is 12.1 Å². The van der Waals surface area contributed by atoms with E-state index in [1.54, 1.807) is 10.6 Å². The molecule has 5 nitrogen and oxygen atoms in total. The molecule has 0 amide bonds. The molecule has 3 rings (SSSR count). The summed E-state index contributed by atoms with van der Waals surface area (Å²) in [6.07, 6.45) is 1.67. The third-order valence-electron chi connectivity index (χ3n) is 3.69. The van der Waals surface area contributed by atoms with E-state index in [1.807, 2.05) is 18.2 Å². The van der Waals surface area contributed by atoms with Crippen molar-refractivity contribution >= 4 is 11.1 Å². The minimum absolute atomic E-state index is 0.230. The molecule has 1 aromatic carbocycles. The first kappa shape index (κ1) is 12.4. The summed E-state index contributed by atoms with van der Waals surface area (Å²) in [6, 6.07) is 7.46. The van der Waals surface area contributed by atoms with Gasteiger partial charge in [0.1, 0.15) is 0 Å². The number of hydrogen-bond donors (Lipinski definition) is 1. The smallest absolute Gasteiger partial charge is 0.408 e. The van der Waals surface area contributed by atoms with Gasteiger partial charge in [-0.25, -0.2) is 4.79 Å². The van der Waals surface area contributed by atoms with Gasteiger partial charge in [0.05, 0.1) is 11.6 Å². The molecule has 0 bridgehead atoms. The molecule has 0 radical (unpaired) electrons. The van der Waals surface area contributed by atoms with Crippen LogP contribution >= 0.6 is 0 Å². The van der Waals surface area contributed by atoms with Crippen molar-refractivity contribution in [3.63, 3.8) is 0 Å². The predicted molar refractivity (Wildman–Crippen MR) is 72.2 cm³/mol. The zero-order chi connectivity index (χ0) is 13.2. The summed E-state index contributed by atoms with van der Waals surface area (Å²) in [5, 5.41) is 9.63. The molecule has 1 aliphatic rings. The lowest BCUT2D eigenvalue weighted by Gasteiger charge is -2.29. The minimum atomic E-state index is -0.307. The summed E-state index contributed by atoms with van der Waals surface area (Å²) < 4.78 is 6.86. The highest BCUT2D eigenvalue weighted by molar-refractivity contribution is 5.72. The Morgan fingerprint density at radius 1 is 1.32 bits per heavy atom. The van der Waals surface area contributed by atoms with Gasteiger partial charge in [0.15, 0.2) is 5.58 Å². The van der Waals surface area contributed by atoms with Crippen molar-refractivity contribution in [2.75, 3.05) is 19.6 Å². The molecular formula is C14H18N2O3. The average Bonchev–Trinajstić information content (AvgIpc) is 2.72. The second kappa shape index (κ2) is 5.19. The van der Waals surface area contributed by atoms with Crippen molar-refractivity contribution < 1.29 is 9.52 Å². The van der Waals surface area contributed by atoms with Crippen LogP contribution < -0.4 is 5.76 Å². The highest BCUT2D eigenvalue weighted by atomic mass is 16.4. The lowest BCUT2D eigenvalue weighted by molar-refractivity contribution is 0.0688. The Morgan fingerprint density at radius 3 is 3.00 bits per heavy atom. The molecule has 1 atom stereocenters. The van der Waals surface area contributed by atoms with Gasteiger partial charge in [0.2, 0.25) is 0 Å². The molecule has 1 N–H and O–H groups in total. The van der Waals surface area contributed by atoms with Crippen LogP contribution in [0, 0.1) is 0 Å². The molecule has 2 heterocycles. The molecule has 5 heteroatoms. The molecule has 0 saturated carbocycles. The van der Waals surface area contributed by atoms with Crippen LogP contribution in [0.5, 0.6) is 0 Å². The van der Waals surface area contributed by atoms with Crippen LogP contribution in [0.15, 0.2) is 33.5 Å². The second-order valence-corrected chi connectivity index (χ2v) is 5.08. The molecule has 1 saturated heterocycles. The number of aliphatic hydroxyl groups is 1. The minimum Gasteiger partial charge on any atom is -0.408 e. The van der Waals surface area contributed by atoms with Gasteiger partial charge in [0.25, 0.3) is 0 Å². The number of piperidine rings is 1. The fourth-order valence-electron chi connectivity index (χ4n) is 2.70. The fourth-order valence-corrected chi connectivity index (χ4v) is 2.70. The summed E-state index contributed by atoms with van der Waals surface area (Å²) in [4.78, 5) is 14.0. The van der Waals surface area contributed by atoms with E-state index in [9.17, 15) is 9.90 Å². The fraction of sp³-hybridized carbons (Fsp3) is 0.500. The normalized spacial score (nSPS) is 21.0. The summed E-state index contributed by atoms with van der Waals surface area (Å²) >= 11 is 0. The van der Waals surface area contributed by atoms with Crippen molar-refractivity contribution in [2.45, 2.75) is 25.5 Å². The maximum absolute atomic E-state index is 11.8. The van der Waals surface area contributed by atoms with Crippen LogP contribution in [0.25, 0.3) is 11.1 Å². The number of aliphatic hydroxyl groups excluding tert-OH is 1. The Balaban J connectivity index is 1.75. The number of likely N-dealkylation sites (tertiary alicyclic amines) is 1. The van der Waals surface area contributed by atoms with E-state index in [2.05, 4.69) is 4.90 Å². The monoisotopic (exact) mass is 262 g/mol. The van der Waals surface area contributed by atoms with Crippen LogP contribution in [0.1, 0.15) is 12.8 Å². The van der Waals surface area contributed by atoms with Crippen LogP contribution in [-0.2, 0) is 6.54 Å². The van der Waals surface area contributed by atoms with Crippen molar-refractivity contribution in [2.24, 2.45) is 0 Å². The van der Waals surface area contributed by atoms with E-state index in [0.717, 1.165) is 31.4 Å². The summed E-state index contributed by atoms with van der Waals surface area (Å²) in [5.41, 5.74) is 1.47. The first-order valence-corrected chi connectivity index (χ1v) is 6.73. The Hall–Kier alpha value is -1.59. The zero-order valence-corrected chi connectivity index (χ0v) is 10.8. The van der Waals surface area contributed by atoms with Gasteiger partial charge in [0, 0.05) is 19.6 Å². The van der Waals surface area contributed by atoms with Crippen molar-refractivity contribution in [3.8, 4) is 0 Å². The Bertz CT molecular complexity index is 616. The van der Waals surface area contributed by atoms with Gasteiger partial charge in [-0.2, -0.15) is 0 Å². The maximum atomic E-state index is 11.8. The van der Waals surface area contributed by atoms with E-state index in [1.165, 1.54) is 0 Å². The number of β-amino-alcohol motifs (C(OH)–C–C–N with tert-alkyl or cyclic N) is 1. The standard InChI is InChI=1S/C14H18N2O3/c17-11-4-3-7-15(10-11)8-9-16-12-5-1-2-6-13(12)19-14(16)18/h1-2,5-6,11,17H,3-4,7-10H2/t11-/m1/s1. The molecule has 102 valence electrons. The third-order valence-corrected chi connectivity index (χ3v) is 3.69. The van der Waals surface area contributed by atoms with Crippen LogP contribution in [0.2, 0.25) is 0 Å². The van der Waals surface area contributed by atoms with Gasteiger partial charge >= 0.3 is 5.76 Å². The second-order valence-electron chi connectivity index (χ2n) is 5.08. The largest absolute Gasteiger partial charge is 0.419 e. The molecule has 0 spiro atoms. The number of benzene rings is 1. The van der Waals surface area contributed by atoms with E-state index >= 15 is 0 Å². The number of aromatic nitrogens is 1. The predicted octanol–water partition coefficient (Wildman–Crippen LogP) is 1.05. The number of rotatable bonds is 3. The van der Waals surface area contributed by atoms with Crippen LogP contribution in [-0.4, -0.2) is 40.3 Å². The Morgan fingerprint density at radius 2 is 2.16 bits per heavy atom. The highest BCUT2D eigenvalue weighted by Crippen LogP contribution is 2.13. The van der Waals surface area contributed by atoms with Crippen LogP contribution in [0.4, 0.5) is 0 Å². The van der Waals surface area contributed by atoms with E-state index in [0.29, 0.717) is 18.7 Å². The van der Waals surface area contributed by atoms with Crippen molar-refractivity contribution in [1.82, 2.24) is 9.47 Å². The van der Waals surface area contributed by atoms with Gasteiger partial charge < -0.3 is 9.52 Å². The summed E-state index contributed by atoms with van der Waals surface area (Å²) in [5.74, 6) is -0.307. The number of nitrogens with zero attached hydrogens (tertiary/aromatic N) is 2. The molecule has 2 aromatic rings. The number of oxazole rings is 1. The van der Waals surface area contributed by atoms with Crippen molar-refractivity contribution in [3.05, 3.63) is 34.8 Å². The average molecular weight is 262 g/mol. The lowest BCUT2D eigenvalue weighted by Crippen LogP contribution is -2.40. The molecule has 1 aliphatic heterocycles. The molecule has 0 unspecified atom stereocenters. The third kappa shape index (κ3) is 2.57. The van der Waals surface area contributed by atoms with Gasteiger partial charge in [-0.15, -0.1) is 0 Å². The van der Waals surface area contributed by atoms with Gasteiger partial charge in [-0.3, -0.25) is 9.47 Å². The zero-order valence-electron chi connectivity index (χ0n) is 10.8. The quantitative estimate of drug-likeness (QED) is 0.898. The van der Waals surface area contributed by atoms with Crippen molar-refractivity contribution in [1.29, 1.82) is 0 Å². The topological polar surface area (TPSA) is 58.6 Å². The Kier molecular flexibility index (Phi) is 3.40. The number of hydrogen-bond acceptors (Lipinski definition) is 4. The molecule has 1 aromatic heterocycles. The highest BCUT2D eigenvalue weighted by Gasteiger charge is 2.18. The molecule has 1 fully saturated rings. The van der Waals surface area contributed by atoms with Crippen LogP contribution in [0.3, 0.4) is 0 Å².